The van der Waals surface area contributed by atoms with Gasteiger partial charge in [0.2, 0.25) is 17.7 Å². The molecule has 3 N–H and O–H groups in total. The molecular formula is C11H18N4O3. The van der Waals surface area contributed by atoms with Gasteiger partial charge in [-0.25, -0.2) is 4.98 Å². The molecule has 0 bridgehead atoms. The van der Waals surface area contributed by atoms with Crippen molar-refractivity contribution in [1.29, 1.82) is 0 Å². The zero-order valence-electron chi connectivity index (χ0n) is 10.5. The number of hydrogen-bond acceptors (Lipinski definition) is 6. The molecule has 18 heavy (non-hydrogen) atoms. The second-order valence-electron chi connectivity index (χ2n) is 3.83. The van der Waals surface area contributed by atoms with E-state index in [0.29, 0.717) is 25.0 Å². The molecule has 7 heteroatoms. The van der Waals surface area contributed by atoms with Gasteiger partial charge in [-0.15, -0.1) is 0 Å². The lowest BCUT2D eigenvalue weighted by molar-refractivity contribution is -0.122. The van der Waals surface area contributed by atoms with E-state index in [4.69, 9.17) is 15.2 Å². The number of carbonyl (C=O) groups is 1. The van der Waals surface area contributed by atoms with Crippen LogP contribution in [0.2, 0.25) is 0 Å². The average molecular weight is 254 g/mol. The molecular weight excluding hydrogens is 236 g/mol. The lowest BCUT2D eigenvalue weighted by Gasteiger charge is -2.10. The van der Waals surface area contributed by atoms with Crippen LogP contribution in [0.15, 0.2) is 12.3 Å². The molecule has 1 amide bonds. The second kappa shape index (κ2) is 7.44. The Bertz CT molecular complexity index is 384. The van der Waals surface area contributed by atoms with Gasteiger partial charge in [0.15, 0.2) is 0 Å². The number of amides is 1. The van der Waals surface area contributed by atoms with Crippen LogP contribution in [0.3, 0.4) is 0 Å². The monoisotopic (exact) mass is 254 g/mol. The highest BCUT2D eigenvalue weighted by Crippen LogP contribution is 2.09. The van der Waals surface area contributed by atoms with E-state index in [1.807, 2.05) is 13.8 Å². The summed E-state index contributed by atoms with van der Waals surface area (Å²) < 4.78 is 10.4. The number of nitrogens with two attached hydrogens (primary N) is 1. The zero-order valence-corrected chi connectivity index (χ0v) is 10.5. The van der Waals surface area contributed by atoms with Crippen LogP contribution >= 0.6 is 0 Å². The minimum Gasteiger partial charge on any atom is -0.475 e. The van der Waals surface area contributed by atoms with E-state index in [2.05, 4.69) is 15.3 Å². The minimum absolute atomic E-state index is 0.0617. The van der Waals surface area contributed by atoms with Gasteiger partial charge < -0.3 is 20.5 Å². The molecule has 0 unspecified atom stereocenters. The minimum atomic E-state index is -0.487. The number of aromatic nitrogens is 2. The summed E-state index contributed by atoms with van der Waals surface area (Å²) in [6, 6.07) is 1.69. The molecule has 1 heterocycles. The summed E-state index contributed by atoms with van der Waals surface area (Å²) in [5, 5.41) is 2.95. The van der Waals surface area contributed by atoms with Gasteiger partial charge in [-0.1, -0.05) is 0 Å². The first-order valence-corrected chi connectivity index (χ1v) is 5.67. The normalized spacial score (nSPS) is 10.4. The van der Waals surface area contributed by atoms with E-state index in [9.17, 15) is 4.79 Å². The Morgan fingerprint density at radius 3 is 3.00 bits per heavy atom. The number of nitrogens with one attached hydrogen (secondary N) is 1. The van der Waals surface area contributed by atoms with Crippen LogP contribution in [-0.4, -0.2) is 41.7 Å². The van der Waals surface area contributed by atoms with Gasteiger partial charge in [0.25, 0.3) is 0 Å². The van der Waals surface area contributed by atoms with E-state index in [0.717, 1.165) is 0 Å². The molecule has 0 saturated carbocycles. The van der Waals surface area contributed by atoms with Crippen molar-refractivity contribution in [1.82, 2.24) is 9.97 Å². The van der Waals surface area contributed by atoms with E-state index in [-0.39, 0.29) is 12.7 Å². The summed E-state index contributed by atoms with van der Waals surface area (Å²) in [6.45, 7) is 4.60. The zero-order chi connectivity index (χ0) is 13.4. The van der Waals surface area contributed by atoms with Gasteiger partial charge >= 0.3 is 0 Å². The first-order chi connectivity index (χ1) is 8.58. The van der Waals surface area contributed by atoms with Gasteiger partial charge in [-0.05, 0) is 13.8 Å². The fraction of sp³-hybridized carbons (Fsp3) is 0.545. The van der Waals surface area contributed by atoms with E-state index < -0.39 is 5.91 Å². The number of hydrogen-bond donors (Lipinski definition) is 2. The van der Waals surface area contributed by atoms with Crippen LogP contribution in [0.4, 0.5) is 5.95 Å². The van der Waals surface area contributed by atoms with Crippen molar-refractivity contribution >= 4 is 11.9 Å². The highest BCUT2D eigenvalue weighted by atomic mass is 16.5. The van der Waals surface area contributed by atoms with Crippen LogP contribution in [-0.2, 0) is 9.53 Å². The van der Waals surface area contributed by atoms with Gasteiger partial charge in [-0.3, -0.25) is 4.79 Å². The van der Waals surface area contributed by atoms with Gasteiger partial charge in [0.05, 0.1) is 12.7 Å². The largest absolute Gasteiger partial charge is 0.475 e. The Morgan fingerprint density at radius 2 is 2.33 bits per heavy atom. The molecule has 0 radical (unpaired) electrons. The van der Waals surface area contributed by atoms with Crippen LogP contribution in [0.25, 0.3) is 0 Å². The predicted molar refractivity (Wildman–Crippen MR) is 66.3 cm³/mol. The molecule has 0 aliphatic rings. The molecule has 0 saturated heterocycles. The predicted octanol–water partition coefficient (Wildman–Crippen LogP) is 0.178. The lowest BCUT2D eigenvalue weighted by Crippen LogP contribution is -2.21. The van der Waals surface area contributed by atoms with Crippen LogP contribution in [0.1, 0.15) is 13.8 Å². The van der Waals surface area contributed by atoms with Gasteiger partial charge in [0.1, 0.15) is 6.61 Å². The molecule has 0 aromatic carbocycles. The summed E-state index contributed by atoms with van der Waals surface area (Å²) in [4.78, 5) is 18.6. The van der Waals surface area contributed by atoms with Crippen LogP contribution in [0, 0.1) is 0 Å². The quantitative estimate of drug-likeness (QED) is 0.642. The number of rotatable bonds is 8. The lowest BCUT2D eigenvalue weighted by atomic mass is 10.5. The third-order valence-corrected chi connectivity index (χ3v) is 1.76. The molecule has 0 aliphatic carbocycles. The number of carbonyl (C=O) groups excluding carboxylic acids is 1. The molecule has 0 spiro atoms. The Balaban J connectivity index is 2.31. The SMILES string of the molecule is CC(C)Oc1ccnc(NCCOCC(N)=O)n1. The number of nitrogens with zero attached hydrogens (tertiary/aromatic N) is 2. The maximum Gasteiger partial charge on any atom is 0.243 e. The molecule has 1 aromatic rings. The maximum atomic E-state index is 10.4. The molecule has 0 atom stereocenters. The van der Waals surface area contributed by atoms with Crippen molar-refractivity contribution in [2.75, 3.05) is 25.1 Å². The third-order valence-electron chi connectivity index (χ3n) is 1.76. The first kappa shape index (κ1) is 14.2. The van der Waals surface area contributed by atoms with E-state index in [1.165, 1.54) is 0 Å². The topological polar surface area (TPSA) is 99.4 Å². The van der Waals surface area contributed by atoms with Crippen LogP contribution in [0.5, 0.6) is 5.88 Å². The fourth-order valence-electron chi connectivity index (χ4n) is 1.14. The molecule has 0 aliphatic heterocycles. The Labute approximate surface area is 106 Å². The summed E-state index contributed by atoms with van der Waals surface area (Å²) >= 11 is 0. The molecule has 7 nitrogen and oxygen atoms in total. The molecule has 0 fully saturated rings. The molecule has 100 valence electrons. The first-order valence-electron chi connectivity index (χ1n) is 5.67. The standard InChI is InChI=1S/C11H18N4O3/c1-8(2)18-10-3-4-13-11(15-10)14-5-6-17-7-9(12)16/h3-4,8H,5-7H2,1-2H3,(H2,12,16)(H,13,14,15). The van der Waals surface area contributed by atoms with E-state index in [1.54, 1.807) is 12.3 Å². The number of anilines is 1. The third kappa shape index (κ3) is 6.00. The Hall–Kier alpha value is -1.89. The average Bonchev–Trinajstić information content (AvgIpc) is 2.27. The summed E-state index contributed by atoms with van der Waals surface area (Å²) in [6.07, 6.45) is 1.67. The summed E-state index contributed by atoms with van der Waals surface area (Å²) in [5.41, 5.74) is 4.93. The smallest absolute Gasteiger partial charge is 0.243 e. The van der Waals surface area contributed by atoms with Crippen molar-refractivity contribution in [2.24, 2.45) is 5.73 Å². The van der Waals surface area contributed by atoms with Crippen molar-refractivity contribution < 1.29 is 14.3 Å². The Morgan fingerprint density at radius 1 is 1.56 bits per heavy atom. The Kier molecular flexibility index (Phi) is 5.86. The van der Waals surface area contributed by atoms with Crippen molar-refractivity contribution in [3.05, 3.63) is 12.3 Å². The summed E-state index contributed by atoms with van der Waals surface area (Å²) in [5.74, 6) is 0.481. The van der Waals surface area contributed by atoms with Gasteiger partial charge in [0, 0.05) is 18.8 Å². The van der Waals surface area contributed by atoms with Crippen LogP contribution < -0.4 is 15.8 Å². The fourth-order valence-corrected chi connectivity index (χ4v) is 1.14. The maximum absolute atomic E-state index is 10.4. The van der Waals surface area contributed by atoms with Crippen molar-refractivity contribution in [3.8, 4) is 5.88 Å². The van der Waals surface area contributed by atoms with E-state index >= 15 is 0 Å². The van der Waals surface area contributed by atoms with Crippen molar-refractivity contribution in [2.45, 2.75) is 20.0 Å². The highest BCUT2D eigenvalue weighted by Gasteiger charge is 2.02. The van der Waals surface area contributed by atoms with Crippen molar-refractivity contribution in [3.63, 3.8) is 0 Å². The number of ether oxygens (including phenoxy) is 2. The van der Waals surface area contributed by atoms with Gasteiger partial charge in [-0.2, -0.15) is 4.98 Å². The highest BCUT2D eigenvalue weighted by molar-refractivity contribution is 5.74. The second-order valence-corrected chi connectivity index (χ2v) is 3.83. The molecule has 1 aromatic heterocycles. The number of primary amides is 1. The molecule has 1 rings (SSSR count). The summed E-state index contributed by atoms with van der Waals surface area (Å²) in [7, 11) is 0.